The van der Waals surface area contributed by atoms with Crippen molar-refractivity contribution in [3.63, 3.8) is 0 Å². The van der Waals surface area contributed by atoms with Gasteiger partial charge in [-0.3, -0.25) is 0 Å². The number of nitrogens with zero attached hydrogens (tertiary/aromatic N) is 2. The van der Waals surface area contributed by atoms with E-state index in [-0.39, 0.29) is 0 Å². The van der Waals surface area contributed by atoms with Crippen LogP contribution in [0, 0.1) is 5.92 Å². The Balaban J connectivity index is 2.18. The molecule has 0 atom stereocenters. The Morgan fingerprint density at radius 1 is 1.24 bits per heavy atom. The summed E-state index contributed by atoms with van der Waals surface area (Å²) in [5.74, 6) is 1.85. The summed E-state index contributed by atoms with van der Waals surface area (Å²) in [6.07, 6.45) is 0.813. The Labute approximate surface area is 101 Å². The zero-order valence-electron chi connectivity index (χ0n) is 10.2. The van der Waals surface area contributed by atoms with Crippen molar-refractivity contribution in [3.8, 4) is 11.4 Å². The fourth-order valence-corrected chi connectivity index (χ4v) is 1.59. The molecule has 90 valence electrons. The zero-order valence-corrected chi connectivity index (χ0v) is 10.2. The summed E-state index contributed by atoms with van der Waals surface area (Å²) in [5, 5.41) is 3.98. The second kappa shape index (κ2) is 5.10. The fraction of sp³-hybridized carbons (Fsp3) is 0.385. The summed E-state index contributed by atoms with van der Waals surface area (Å²) >= 11 is 0. The predicted octanol–water partition coefficient (Wildman–Crippen LogP) is 2.39. The summed E-state index contributed by atoms with van der Waals surface area (Å²) < 4.78 is 5.20. The number of nitrogens with two attached hydrogens (primary N) is 1. The van der Waals surface area contributed by atoms with E-state index in [1.165, 1.54) is 0 Å². The largest absolute Gasteiger partial charge is 0.339 e. The van der Waals surface area contributed by atoms with Gasteiger partial charge in [0.1, 0.15) is 0 Å². The molecule has 0 unspecified atom stereocenters. The summed E-state index contributed by atoms with van der Waals surface area (Å²) in [6, 6.07) is 7.89. The second-order valence-electron chi connectivity index (χ2n) is 4.51. The molecular formula is C13H17N3O. The first-order valence-corrected chi connectivity index (χ1v) is 5.81. The first-order valence-electron chi connectivity index (χ1n) is 5.81. The van der Waals surface area contributed by atoms with E-state index < -0.39 is 0 Å². The van der Waals surface area contributed by atoms with Gasteiger partial charge in [-0.25, -0.2) is 0 Å². The molecule has 4 heteroatoms. The molecule has 2 rings (SSSR count). The third kappa shape index (κ3) is 2.91. The maximum Gasteiger partial charge on any atom is 0.227 e. The van der Waals surface area contributed by atoms with Gasteiger partial charge >= 0.3 is 0 Å². The Bertz CT molecular complexity index is 474. The van der Waals surface area contributed by atoms with Gasteiger partial charge in [0.25, 0.3) is 0 Å². The Kier molecular flexibility index (Phi) is 3.54. The number of hydrogen-bond acceptors (Lipinski definition) is 4. The van der Waals surface area contributed by atoms with E-state index in [0.717, 1.165) is 17.5 Å². The average molecular weight is 231 g/mol. The molecule has 2 N–H and O–H groups in total. The van der Waals surface area contributed by atoms with Gasteiger partial charge in [0.05, 0.1) is 0 Å². The SMILES string of the molecule is CC(C)Cc1nc(-c2ccc(CN)cc2)no1. The monoisotopic (exact) mass is 231 g/mol. The fourth-order valence-electron chi connectivity index (χ4n) is 1.59. The summed E-state index contributed by atoms with van der Waals surface area (Å²) in [7, 11) is 0. The lowest BCUT2D eigenvalue weighted by Crippen LogP contribution is -1.95. The Morgan fingerprint density at radius 2 is 1.94 bits per heavy atom. The molecule has 0 radical (unpaired) electrons. The third-order valence-corrected chi connectivity index (χ3v) is 2.50. The molecule has 0 spiro atoms. The lowest BCUT2D eigenvalue weighted by Gasteiger charge is -1.98. The number of benzene rings is 1. The van der Waals surface area contributed by atoms with Gasteiger partial charge in [-0.2, -0.15) is 4.98 Å². The van der Waals surface area contributed by atoms with Crippen molar-refractivity contribution in [1.82, 2.24) is 10.1 Å². The van der Waals surface area contributed by atoms with Crippen LogP contribution in [0.5, 0.6) is 0 Å². The van der Waals surface area contributed by atoms with E-state index in [0.29, 0.717) is 24.2 Å². The maximum atomic E-state index is 5.55. The molecule has 2 aromatic rings. The number of hydrogen-bond donors (Lipinski definition) is 1. The van der Waals surface area contributed by atoms with Gasteiger partial charge in [0, 0.05) is 18.5 Å². The molecular weight excluding hydrogens is 214 g/mol. The predicted molar refractivity (Wildman–Crippen MR) is 66.2 cm³/mol. The van der Waals surface area contributed by atoms with Crippen LogP contribution in [0.3, 0.4) is 0 Å². The van der Waals surface area contributed by atoms with E-state index in [9.17, 15) is 0 Å². The van der Waals surface area contributed by atoms with E-state index in [2.05, 4.69) is 24.0 Å². The molecule has 1 aromatic heterocycles. The van der Waals surface area contributed by atoms with Crippen LogP contribution in [0.25, 0.3) is 11.4 Å². The highest BCUT2D eigenvalue weighted by molar-refractivity contribution is 5.54. The van der Waals surface area contributed by atoms with Gasteiger partial charge in [-0.15, -0.1) is 0 Å². The van der Waals surface area contributed by atoms with Crippen molar-refractivity contribution in [3.05, 3.63) is 35.7 Å². The van der Waals surface area contributed by atoms with Crippen molar-refractivity contribution < 1.29 is 4.52 Å². The van der Waals surface area contributed by atoms with Crippen molar-refractivity contribution in [2.75, 3.05) is 0 Å². The molecule has 0 aliphatic carbocycles. The van der Waals surface area contributed by atoms with E-state index >= 15 is 0 Å². The molecule has 0 aliphatic rings. The molecule has 0 aliphatic heterocycles. The van der Waals surface area contributed by atoms with Gasteiger partial charge in [-0.05, 0) is 11.5 Å². The van der Waals surface area contributed by atoms with E-state index in [1.807, 2.05) is 24.3 Å². The van der Waals surface area contributed by atoms with Crippen molar-refractivity contribution in [2.45, 2.75) is 26.8 Å². The van der Waals surface area contributed by atoms with Gasteiger partial charge < -0.3 is 10.3 Å². The minimum absolute atomic E-state index is 0.517. The van der Waals surface area contributed by atoms with Crippen LogP contribution in [0.4, 0.5) is 0 Å². The molecule has 17 heavy (non-hydrogen) atoms. The Hall–Kier alpha value is -1.68. The summed E-state index contributed by atoms with van der Waals surface area (Å²) in [6.45, 7) is 4.80. The highest BCUT2D eigenvalue weighted by atomic mass is 16.5. The molecule has 0 amide bonds. The molecule has 4 nitrogen and oxygen atoms in total. The average Bonchev–Trinajstić information content (AvgIpc) is 2.77. The first-order chi connectivity index (χ1) is 8.19. The molecule has 0 bridgehead atoms. The van der Waals surface area contributed by atoms with Crippen LogP contribution in [-0.2, 0) is 13.0 Å². The topological polar surface area (TPSA) is 64.9 Å². The van der Waals surface area contributed by atoms with E-state index in [1.54, 1.807) is 0 Å². The van der Waals surface area contributed by atoms with Gasteiger partial charge in [0.15, 0.2) is 0 Å². The molecule has 0 saturated carbocycles. The minimum Gasteiger partial charge on any atom is -0.339 e. The minimum atomic E-state index is 0.517. The lowest BCUT2D eigenvalue weighted by molar-refractivity contribution is 0.363. The lowest BCUT2D eigenvalue weighted by atomic mass is 10.1. The smallest absolute Gasteiger partial charge is 0.227 e. The van der Waals surface area contributed by atoms with E-state index in [4.69, 9.17) is 10.3 Å². The molecule has 1 aromatic carbocycles. The van der Waals surface area contributed by atoms with Crippen LogP contribution < -0.4 is 5.73 Å². The van der Waals surface area contributed by atoms with Gasteiger partial charge in [0.2, 0.25) is 11.7 Å². The standard InChI is InChI=1S/C13H17N3O/c1-9(2)7-12-15-13(16-17-12)11-5-3-10(8-14)4-6-11/h3-6,9H,7-8,14H2,1-2H3. The third-order valence-electron chi connectivity index (χ3n) is 2.50. The van der Waals surface area contributed by atoms with Crippen LogP contribution in [-0.4, -0.2) is 10.1 Å². The van der Waals surface area contributed by atoms with Crippen LogP contribution in [0.15, 0.2) is 28.8 Å². The highest BCUT2D eigenvalue weighted by Crippen LogP contribution is 2.17. The maximum absolute atomic E-state index is 5.55. The highest BCUT2D eigenvalue weighted by Gasteiger charge is 2.09. The summed E-state index contributed by atoms with van der Waals surface area (Å²) in [4.78, 5) is 4.37. The zero-order chi connectivity index (χ0) is 12.3. The van der Waals surface area contributed by atoms with Crippen LogP contribution >= 0.6 is 0 Å². The van der Waals surface area contributed by atoms with Crippen LogP contribution in [0.2, 0.25) is 0 Å². The quantitative estimate of drug-likeness (QED) is 0.877. The Morgan fingerprint density at radius 3 is 2.53 bits per heavy atom. The molecule has 1 heterocycles. The second-order valence-corrected chi connectivity index (χ2v) is 4.51. The first kappa shape index (κ1) is 11.8. The van der Waals surface area contributed by atoms with Crippen molar-refractivity contribution >= 4 is 0 Å². The summed E-state index contributed by atoms with van der Waals surface area (Å²) in [5.41, 5.74) is 7.60. The van der Waals surface area contributed by atoms with Crippen LogP contribution in [0.1, 0.15) is 25.3 Å². The molecule has 0 fully saturated rings. The van der Waals surface area contributed by atoms with Crippen molar-refractivity contribution in [2.24, 2.45) is 11.7 Å². The normalized spacial score (nSPS) is 11.1. The number of rotatable bonds is 4. The van der Waals surface area contributed by atoms with Crippen molar-refractivity contribution in [1.29, 1.82) is 0 Å². The molecule has 0 saturated heterocycles. The van der Waals surface area contributed by atoms with Gasteiger partial charge in [-0.1, -0.05) is 43.3 Å². The number of aromatic nitrogens is 2.